The lowest BCUT2D eigenvalue weighted by Gasteiger charge is -2.60. The molecule has 0 amide bonds. The third kappa shape index (κ3) is 2.15. The van der Waals surface area contributed by atoms with Crippen molar-refractivity contribution >= 4 is 5.78 Å². The van der Waals surface area contributed by atoms with Crippen molar-refractivity contribution in [2.24, 2.45) is 28.6 Å². The summed E-state index contributed by atoms with van der Waals surface area (Å²) in [5, 5.41) is 42.2. The van der Waals surface area contributed by atoms with Gasteiger partial charge in [-0.3, -0.25) is 4.79 Å². The molecule has 0 saturated heterocycles. The van der Waals surface area contributed by atoms with Crippen molar-refractivity contribution in [1.82, 2.24) is 0 Å². The van der Waals surface area contributed by atoms with Gasteiger partial charge in [0, 0.05) is 16.7 Å². The maximum absolute atomic E-state index is 11.8. The zero-order valence-electron chi connectivity index (χ0n) is 15.6. The number of fused-ring (bicyclic) bond motifs is 5. The van der Waals surface area contributed by atoms with Crippen molar-refractivity contribution in [3.05, 3.63) is 23.8 Å². The smallest absolute Gasteiger partial charge is 0.178 e. The first-order chi connectivity index (χ1) is 12.2. The molecular weight excluding hydrogens is 332 g/mol. The first-order valence-corrected chi connectivity index (χ1v) is 9.81. The first-order valence-electron chi connectivity index (χ1n) is 9.81. The Morgan fingerprint density at radius 2 is 2.04 bits per heavy atom. The molecule has 0 spiro atoms. The van der Waals surface area contributed by atoms with Crippen molar-refractivity contribution in [3.63, 3.8) is 0 Å². The summed E-state index contributed by atoms with van der Waals surface area (Å²) in [5.41, 5.74) is -1.21. The van der Waals surface area contributed by atoms with Crippen LogP contribution in [-0.2, 0) is 4.79 Å². The van der Waals surface area contributed by atoms with Gasteiger partial charge in [-0.15, -0.1) is 0 Å². The number of hydrogen-bond acceptors (Lipinski definition) is 5. The summed E-state index contributed by atoms with van der Waals surface area (Å²) in [4.78, 5) is 11.8. The molecule has 0 unspecified atom stereocenters. The van der Waals surface area contributed by atoms with E-state index in [2.05, 4.69) is 6.92 Å². The van der Waals surface area contributed by atoms with Gasteiger partial charge in [0.2, 0.25) is 0 Å². The number of aliphatic hydroxyl groups excluding tert-OH is 3. The Hall–Kier alpha value is -1.01. The summed E-state index contributed by atoms with van der Waals surface area (Å²) in [5.74, 6) is 0.445. The molecule has 4 N–H and O–H groups in total. The van der Waals surface area contributed by atoms with Crippen molar-refractivity contribution in [2.75, 3.05) is 6.61 Å². The van der Waals surface area contributed by atoms with Crippen molar-refractivity contribution in [3.8, 4) is 0 Å². The quantitative estimate of drug-likeness (QED) is 0.594. The lowest BCUT2D eigenvalue weighted by molar-refractivity contribution is -0.204. The van der Waals surface area contributed by atoms with Crippen molar-refractivity contribution in [1.29, 1.82) is 0 Å². The largest absolute Gasteiger partial charge is 0.394 e. The minimum absolute atomic E-state index is 0.0125. The standard InChI is InChI=1S/C21H30O5/c1-19-7-5-13(23)9-12(19)3-4-14-15-6-8-21(26,17(25)11-22)20(15,2)10-16(24)18(14)19/h5,7,9,14-18,22,24-26H,3-4,6,8,10-11H2,1-2H3/t14-,15+,16-,17-,18-,19-,20-,21+/m0/s1. The Morgan fingerprint density at radius 1 is 1.31 bits per heavy atom. The van der Waals surface area contributed by atoms with Gasteiger partial charge >= 0.3 is 0 Å². The molecule has 0 aromatic carbocycles. The molecule has 144 valence electrons. The molecule has 4 aliphatic carbocycles. The molecule has 0 radical (unpaired) electrons. The van der Waals surface area contributed by atoms with E-state index in [4.69, 9.17) is 0 Å². The maximum Gasteiger partial charge on any atom is 0.178 e. The molecule has 5 nitrogen and oxygen atoms in total. The second-order valence-corrected chi connectivity index (χ2v) is 9.37. The number of carbonyl (C=O) groups excluding carboxylic acids is 1. The second-order valence-electron chi connectivity index (χ2n) is 9.37. The van der Waals surface area contributed by atoms with E-state index in [-0.39, 0.29) is 29.0 Å². The molecule has 4 aliphatic rings. The predicted octanol–water partition coefficient (Wildman–Crippen LogP) is 1.35. The van der Waals surface area contributed by atoms with E-state index >= 15 is 0 Å². The summed E-state index contributed by atoms with van der Waals surface area (Å²) in [6.45, 7) is 3.61. The highest BCUT2D eigenvalue weighted by atomic mass is 16.4. The fourth-order valence-corrected chi connectivity index (χ4v) is 7.06. The minimum Gasteiger partial charge on any atom is -0.394 e. The molecule has 0 bridgehead atoms. The molecular formula is C21H30O5. The van der Waals surface area contributed by atoms with Gasteiger partial charge in [0.25, 0.3) is 0 Å². The van der Waals surface area contributed by atoms with Crippen LogP contribution in [0.2, 0.25) is 0 Å². The Kier molecular flexibility index (Phi) is 4.05. The third-order valence-corrected chi connectivity index (χ3v) is 8.44. The normalized spacial score (nSPS) is 51.3. The third-order valence-electron chi connectivity index (χ3n) is 8.44. The van der Waals surface area contributed by atoms with Gasteiger partial charge in [0.15, 0.2) is 5.78 Å². The average Bonchev–Trinajstić information content (AvgIpc) is 2.86. The van der Waals surface area contributed by atoms with Gasteiger partial charge < -0.3 is 20.4 Å². The minimum atomic E-state index is -1.37. The number of hydrogen-bond donors (Lipinski definition) is 4. The molecule has 3 saturated carbocycles. The number of carbonyl (C=O) groups is 1. The van der Waals surface area contributed by atoms with Crippen LogP contribution in [0, 0.1) is 28.6 Å². The van der Waals surface area contributed by atoms with Crippen LogP contribution in [-0.4, -0.2) is 50.6 Å². The molecule has 8 atom stereocenters. The van der Waals surface area contributed by atoms with Gasteiger partial charge in [-0.05, 0) is 56.1 Å². The van der Waals surface area contributed by atoms with E-state index in [1.54, 1.807) is 12.2 Å². The monoisotopic (exact) mass is 362 g/mol. The topological polar surface area (TPSA) is 98.0 Å². The van der Waals surface area contributed by atoms with Crippen LogP contribution in [0.15, 0.2) is 23.8 Å². The number of allylic oxidation sites excluding steroid dienone is 4. The van der Waals surface area contributed by atoms with Crippen LogP contribution >= 0.6 is 0 Å². The van der Waals surface area contributed by atoms with E-state index in [1.807, 2.05) is 13.0 Å². The summed E-state index contributed by atoms with van der Waals surface area (Å²) in [6, 6.07) is 0. The van der Waals surface area contributed by atoms with Gasteiger partial charge in [0.1, 0.15) is 6.10 Å². The number of ketones is 1. The van der Waals surface area contributed by atoms with E-state index in [0.717, 1.165) is 24.8 Å². The zero-order chi connectivity index (χ0) is 18.9. The highest BCUT2D eigenvalue weighted by molar-refractivity contribution is 6.01. The summed E-state index contributed by atoms with van der Waals surface area (Å²) >= 11 is 0. The SMILES string of the molecule is C[C@]12C=CC(=O)C=C1CC[C@@H]1[C@H]2[C@@H](O)C[C@@]2(C)[C@@H]1CC[C@@]2(O)[C@@H](O)CO. The van der Waals surface area contributed by atoms with Gasteiger partial charge in [-0.1, -0.05) is 25.5 Å². The van der Waals surface area contributed by atoms with Gasteiger partial charge in [-0.25, -0.2) is 0 Å². The van der Waals surface area contributed by atoms with Gasteiger partial charge in [-0.2, -0.15) is 0 Å². The summed E-state index contributed by atoms with van der Waals surface area (Å²) in [6.07, 6.45) is 6.85. The molecule has 0 aromatic heterocycles. The summed E-state index contributed by atoms with van der Waals surface area (Å²) in [7, 11) is 0. The fourth-order valence-electron chi connectivity index (χ4n) is 7.06. The molecule has 4 rings (SSSR count). The van der Waals surface area contributed by atoms with E-state index in [0.29, 0.717) is 12.8 Å². The van der Waals surface area contributed by atoms with Gasteiger partial charge in [0.05, 0.1) is 18.3 Å². The highest BCUT2D eigenvalue weighted by Crippen LogP contribution is 2.67. The Labute approximate surface area is 154 Å². The lowest BCUT2D eigenvalue weighted by Crippen LogP contribution is -2.62. The molecule has 0 heterocycles. The summed E-state index contributed by atoms with van der Waals surface area (Å²) < 4.78 is 0. The Bertz CT molecular complexity index is 684. The second kappa shape index (κ2) is 5.74. The molecule has 26 heavy (non-hydrogen) atoms. The number of aliphatic hydroxyl groups is 4. The molecule has 3 fully saturated rings. The molecule has 5 heteroatoms. The van der Waals surface area contributed by atoms with Crippen LogP contribution in [0.4, 0.5) is 0 Å². The van der Waals surface area contributed by atoms with E-state index in [9.17, 15) is 25.2 Å². The zero-order valence-corrected chi connectivity index (χ0v) is 15.6. The predicted molar refractivity (Wildman–Crippen MR) is 96.0 cm³/mol. The van der Waals surface area contributed by atoms with Crippen LogP contribution < -0.4 is 0 Å². The first kappa shape index (κ1) is 18.4. The lowest BCUT2D eigenvalue weighted by atomic mass is 9.46. The average molecular weight is 362 g/mol. The molecule has 0 aromatic rings. The van der Waals surface area contributed by atoms with Crippen molar-refractivity contribution < 1.29 is 25.2 Å². The fraction of sp³-hybridized carbons (Fsp3) is 0.762. The Morgan fingerprint density at radius 3 is 2.73 bits per heavy atom. The van der Waals surface area contributed by atoms with E-state index in [1.165, 1.54) is 0 Å². The van der Waals surface area contributed by atoms with Crippen LogP contribution in [0.3, 0.4) is 0 Å². The number of rotatable bonds is 2. The highest BCUT2D eigenvalue weighted by Gasteiger charge is 2.67. The van der Waals surface area contributed by atoms with Crippen LogP contribution in [0.25, 0.3) is 0 Å². The van der Waals surface area contributed by atoms with Crippen LogP contribution in [0.5, 0.6) is 0 Å². The molecule has 0 aliphatic heterocycles. The van der Waals surface area contributed by atoms with Crippen LogP contribution in [0.1, 0.15) is 46.0 Å². The Balaban J connectivity index is 1.74. The van der Waals surface area contributed by atoms with E-state index < -0.39 is 29.8 Å². The maximum atomic E-state index is 11.8. The van der Waals surface area contributed by atoms with Crippen molar-refractivity contribution in [2.45, 2.75) is 63.8 Å².